The van der Waals surface area contributed by atoms with E-state index in [2.05, 4.69) is 43.8 Å². The number of hydrogen-bond acceptors (Lipinski definition) is 6. The quantitative estimate of drug-likeness (QED) is 0.765. The molecule has 0 spiro atoms. The van der Waals surface area contributed by atoms with Crippen molar-refractivity contribution in [1.82, 2.24) is 19.7 Å². The molecule has 5 rings (SSSR count). The van der Waals surface area contributed by atoms with Gasteiger partial charge in [-0.1, -0.05) is 24.3 Å². The fraction of sp³-hybridized carbons (Fsp3) is 0.389. The van der Waals surface area contributed by atoms with E-state index in [4.69, 9.17) is 15.6 Å². The number of nitrogens with two attached hydrogens (primary N) is 1. The summed E-state index contributed by atoms with van der Waals surface area (Å²) in [6.45, 7) is 3.03. The summed E-state index contributed by atoms with van der Waals surface area (Å²) in [5, 5.41) is 5.80. The molecule has 0 radical (unpaired) electrons. The Morgan fingerprint density at radius 3 is 2.48 bits per heavy atom. The maximum atomic E-state index is 6.20. The second-order valence-electron chi connectivity index (χ2n) is 6.66. The van der Waals surface area contributed by atoms with Crippen LogP contribution in [0.25, 0.3) is 11.0 Å². The number of aromatic nitrogens is 4. The Labute approximate surface area is 145 Å². The third-order valence-corrected chi connectivity index (χ3v) is 5.19. The Morgan fingerprint density at radius 2 is 1.76 bits per heavy atom. The molecule has 0 atom stereocenters. The van der Waals surface area contributed by atoms with Crippen molar-refractivity contribution in [2.45, 2.75) is 18.9 Å². The van der Waals surface area contributed by atoms with Crippen LogP contribution in [-0.2, 0) is 17.6 Å². The maximum Gasteiger partial charge on any atom is 0.165 e. The highest BCUT2D eigenvalue weighted by Crippen LogP contribution is 2.35. The second kappa shape index (κ2) is 5.70. The predicted octanol–water partition coefficient (Wildman–Crippen LogP) is 1.58. The summed E-state index contributed by atoms with van der Waals surface area (Å²) in [4.78, 5) is 10.9. The van der Waals surface area contributed by atoms with Crippen LogP contribution in [0.4, 0.5) is 11.6 Å². The van der Waals surface area contributed by atoms with Gasteiger partial charge in [0.05, 0.1) is 19.3 Å². The smallest absolute Gasteiger partial charge is 0.165 e. The van der Waals surface area contributed by atoms with Crippen molar-refractivity contribution in [3.8, 4) is 0 Å². The van der Waals surface area contributed by atoms with Crippen LogP contribution < -0.4 is 10.6 Å². The number of anilines is 2. The molecule has 128 valence electrons. The van der Waals surface area contributed by atoms with Gasteiger partial charge in [-0.3, -0.25) is 0 Å². The van der Waals surface area contributed by atoms with Crippen LogP contribution in [0, 0.1) is 0 Å². The predicted molar refractivity (Wildman–Crippen MR) is 95.7 cm³/mol. The Morgan fingerprint density at radius 1 is 1.04 bits per heavy atom. The molecule has 3 aromatic rings. The molecule has 1 saturated heterocycles. The molecule has 0 unspecified atom stereocenters. The van der Waals surface area contributed by atoms with E-state index in [1.54, 1.807) is 0 Å². The van der Waals surface area contributed by atoms with E-state index >= 15 is 0 Å². The third-order valence-electron chi connectivity index (χ3n) is 5.19. The maximum absolute atomic E-state index is 6.20. The Balaban J connectivity index is 1.61. The zero-order valence-electron chi connectivity index (χ0n) is 13.9. The topological polar surface area (TPSA) is 82.1 Å². The molecule has 1 aromatic carbocycles. The lowest BCUT2D eigenvalue weighted by molar-refractivity contribution is 0.122. The lowest BCUT2D eigenvalue weighted by Crippen LogP contribution is -2.36. The van der Waals surface area contributed by atoms with Crippen LogP contribution in [-0.4, -0.2) is 46.1 Å². The second-order valence-corrected chi connectivity index (χ2v) is 6.66. The number of fused-ring (bicyclic) bond motifs is 2. The average Bonchev–Trinajstić information content (AvgIpc) is 3.24. The first-order valence-electron chi connectivity index (χ1n) is 8.69. The lowest BCUT2D eigenvalue weighted by atomic mass is 10.1. The van der Waals surface area contributed by atoms with Crippen molar-refractivity contribution in [3.05, 3.63) is 41.7 Å². The van der Waals surface area contributed by atoms with Crippen LogP contribution in [0.2, 0.25) is 0 Å². The summed E-state index contributed by atoms with van der Waals surface area (Å²) in [5.41, 5.74) is 9.81. The number of hydrogen-bond donors (Lipinski definition) is 1. The fourth-order valence-corrected chi connectivity index (χ4v) is 3.94. The molecule has 1 aliphatic carbocycles. The normalized spacial score (nSPS) is 18.0. The van der Waals surface area contributed by atoms with Gasteiger partial charge in [0.2, 0.25) is 0 Å². The summed E-state index contributed by atoms with van der Waals surface area (Å²) in [5.74, 6) is 1.38. The zero-order valence-corrected chi connectivity index (χ0v) is 13.9. The summed E-state index contributed by atoms with van der Waals surface area (Å²) < 4.78 is 7.53. The fourth-order valence-electron chi connectivity index (χ4n) is 3.94. The van der Waals surface area contributed by atoms with Gasteiger partial charge >= 0.3 is 0 Å². The number of nitrogens with zero attached hydrogens (tertiary/aromatic N) is 5. The van der Waals surface area contributed by atoms with Gasteiger partial charge in [-0.05, 0) is 24.0 Å². The van der Waals surface area contributed by atoms with Crippen LogP contribution in [0.15, 0.2) is 30.6 Å². The monoisotopic (exact) mass is 336 g/mol. The first-order valence-corrected chi connectivity index (χ1v) is 8.69. The first-order chi connectivity index (χ1) is 12.3. The number of rotatable bonds is 2. The molecule has 2 aliphatic rings. The van der Waals surface area contributed by atoms with E-state index in [1.165, 1.54) is 17.5 Å². The highest BCUT2D eigenvalue weighted by atomic mass is 16.5. The lowest BCUT2D eigenvalue weighted by Gasteiger charge is -2.27. The number of benzene rings is 1. The molecule has 2 aromatic heterocycles. The Kier molecular flexibility index (Phi) is 3.34. The van der Waals surface area contributed by atoms with Crippen molar-refractivity contribution in [3.63, 3.8) is 0 Å². The van der Waals surface area contributed by atoms with Crippen LogP contribution in [0.1, 0.15) is 17.2 Å². The molecule has 3 heterocycles. The van der Waals surface area contributed by atoms with E-state index < -0.39 is 0 Å². The van der Waals surface area contributed by atoms with Gasteiger partial charge in [-0.25, -0.2) is 14.6 Å². The van der Waals surface area contributed by atoms with Gasteiger partial charge in [0.1, 0.15) is 17.5 Å². The molecular formula is C18H20N6O. The molecule has 0 saturated carbocycles. The molecule has 1 aliphatic heterocycles. The number of morpholine rings is 1. The zero-order chi connectivity index (χ0) is 16.8. The minimum Gasteiger partial charge on any atom is -0.383 e. The van der Waals surface area contributed by atoms with Gasteiger partial charge < -0.3 is 15.4 Å². The molecule has 25 heavy (non-hydrogen) atoms. The van der Waals surface area contributed by atoms with Crippen LogP contribution in [0.5, 0.6) is 0 Å². The highest BCUT2D eigenvalue weighted by molar-refractivity contribution is 5.96. The van der Waals surface area contributed by atoms with Gasteiger partial charge in [0, 0.05) is 13.1 Å². The molecule has 0 amide bonds. The molecule has 0 bridgehead atoms. The largest absolute Gasteiger partial charge is 0.383 e. The summed E-state index contributed by atoms with van der Waals surface area (Å²) in [6.07, 6.45) is 3.47. The summed E-state index contributed by atoms with van der Waals surface area (Å²) in [7, 11) is 0. The van der Waals surface area contributed by atoms with Gasteiger partial charge in [0.25, 0.3) is 0 Å². The van der Waals surface area contributed by atoms with Crippen molar-refractivity contribution in [2.24, 2.45) is 0 Å². The van der Waals surface area contributed by atoms with Crippen molar-refractivity contribution >= 4 is 22.7 Å². The molecule has 7 nitrogen and oxygen atoms in total. The number of nitrogen functional groups attached to an aromatic ring is 1. The molecule has 7 heteroatoms. The molecule has 1 fully saturated rings. The van der Waals surface area contributed by atoms with Gasteiger partial charge in [0.15, 0.2) is 11.5 Å². The first kappa shape index (κ1) is 14.7. The van der Waals surface area contributed by atoms with Gasteiger partial charge in [-0.2, -0.15) is 5.10 Å². The number of ether oxygens (including phenoxy) is 1. The molecule has 2 N–H and O–H groups in total. The van der Waals surface area contributed by atoms with Crippen molar-refractivity contribution in [2.75, 3.05) is 36.9 Å². The van der Waals surface area contributed by atoms with E-state index in [-0.39, 0.29) is 6.04 Å². The summed E-state index contributed by atoms with van der Waals surface area (Å²) in [6, 6.07) is 8.87. The summed E-state index contributed by atoms with van der Waals surface area (Å²) >= 11 is 0. The average molecular weight is 336 g/mol. The van der Waals surface area contributed by atoms with E-state index in [0.717, 1.165) is 42.8 Å². The Hall–Kier alpha value is -2.67. The third kappa shape index (κ3) is 2.34. The van der Waals surface area contributed by atoms with Crippen molar-refractivity contribution < 1.29 is 4.74 Å². The Bertz CT molecular complexity index is 905. The van der Waals surface area contributed by atoms with E-state index in [0.29, 0.717) is 19.0 Å². The minimum atomic E-state index is 0.268. The van der Waals surface area contributed by atoms with Crippen LogP contribution >= 0.6 is 0 Å². The van der Waals surface area contributed by atoms with Crippen LogP contribution in [0.3, 0.4) is 0 Å². The van der Waals surface area contributed by atoms with E-state index in [9.17, 15) is 0 Å². The van der Waals surface area contributed by atoms with Gasteiger partial charge in [-0.15, -0.1) is 0 Å². The van der Waals surface area contributed by atoms with E-state index in [1.807, 2.05) is 0 Å². The molecular weight excluding hydrogens is 316 g/mol. The van der Waals surface area contributed by atoms with Crippen molar-refractivity contribution in [1.29, 1.82) is 0 Å². The minimum absolute atomic E-state index is 0.268. The standard InChI is InChI=1S/C18H20N6O/c19-16-15-17(21-11-20-16)24(22-18(15)23-5-7-25-8-6-23)14-9-12-3-1-2-4-13(12)10-14/h1-4,11,14H,5-10H2,(H2,19,20,21). The highest BCUT2D eigenvalue weighted by Gasteiger charge is 2.29. The SMILES string of the molecule is Nc1ncnc2c1c(N1CCOCC1)nn2C1Cc2ccccc2C1.